The Balaban J connectivity index is 1.82. The molecule has 2 N–H and O–H groups in total. The van der Waals surface area contributed by atoms with E-state index in [-0.39, 0.29) is 18.5 Å². The van der Waals surface area contributed by atoms with Crippen molar-refractivity contribution in [1.82, 2.24) is 5.32 Å². The van der Waals surface area contributed by atoms with Gasteiger partial charge in [0.2, 0.25) is 0 Å². The smallest absolute Gasteiger partial charge is 0.131 e. The van der Waals surface area contributed by atoms with E-state index in [1.807, 2.05) is 18.2 Å². The molecule has 2 aromatic carbocycles. The van der Waals surface area contributed by atoms with Gasteiger partial charge in [0.15, 0.2) is 0 Å². The van der Waals surface area contributed by atoms with Crippen LogP contribution in [0.5, 0.6) is 0 Å². The fourth-order valence-corrected chi connectivity index (χ4v) is 4.71. The zero-order valence-corrected chi connectivity index (χ0v) is 17.7. The molecule has 0 spiro atoms. The Bertz CT molecular complexity index is 848. The Morgan fingerprint density at radius 1 is 1.20 bits per heavy atom. The van der Waals surface area contributed by atoms with Gasteiger partial charge in [-0.05, 0) is 60.8 Å². The quantitative estimate of drug-likeness (QED) is 0.600. The average Bonchev–Trinajstić information content (AvgIpc) is 3.63. The predicted octanol–water partition coefficient (Wildman–Crippen LogP) is 4.36. The lowest BCUT2D eigenvalue weighted by atomic mass is 9.78. The summed E-state index contributed by atoms with van der Waals surface area (Å²) in [5.74, 6) is 0.357. The van der Waals surface area contributed by atoms with Crippen LogP contribution in [0.15, 0.2) is 42.5 Å². The fourth-order valence-electron chi connectivity index (χ4n) is 4.71. The first kappa shape index (κ1) is 21.4. The predicted molar refractivity (Wildman–Crippen MR) is 116 cm³/mol. The van der Waals surface area contributed by atoms with Gasteiger partial charge >= 0.3 is 0 Å². The van der Waals surface area contributed by atoms with E-state index >= 15 is 4.39 Å². The summed E-state index contributed by atoms with van der Waals surface area (Å²) < 4.78 is 27.7. The first-order valence-corrected chi connectivity index (χ1v) is 11.1. The molecule has 162 valence electrons. The third kappa shape index (κ3) is 4.30. The van der Waals surface area contributed by atoms with Crippen molar-refractivity contribution in [3.63, 3.8) is 0 Å². The highest BCUT2D eigenvalue weighted by Gasteiger charge is 2.44. The van der Waals surface area contributed by atoms with Crippen LogP contribution in [0.1, 0.15) is 49.1 Å². The molecule has 4 nitrogen and oxygen atoms in total. The molecular formula is C25H32FNO3. The number of rotatable bonds is 9. The van der Waals surface area contributed by atoms with Gasteiger partial charge in [-0.15, -0.1) is 0 Å². The maximum atomic E-state index is 15.4. The first-order valence-electron chi connectivity index (χ1n) is 11.1. The number of aliphatic hydroxyl groups excluding tert-OH is 1. The molecule has 0 bridgehead atoms. The number of unbranched alkanes of at least 4 members (excludes halogenated alkanes) is 1. The molecular weight excluding hydrogens is 381 g/mol. The molecule has 0 radical (unpaired) electrons. The summed E-state index contributed by atoms with van der Waals surface area (Å²) in [5.41, 5.74) is 2.79. The lowest BCUT2D eigenvalue weighted by Crippen LogP contribution is -2.52. The van der Waals surface area contributed by atoms with E-state index in [4.69, 9.17) is 9.47 Å². The van der Waals surface area contributed by atoms with Crippen LogP contribution in [0.3, 0.4) is 0 Å². The molecule has 1 saturated heterocycles. The van der Waals surface area contributed by atoms with Gasteiger partial charge in [0.1, 0.15) is 17.5 Å². The summed E-state index contributed by atoms with van der Waals surface area (Å²) in [6.45, 7) is 2.16. The third-order valence-electron chi connectivity index (χ3n) is 6.46. The van der Waals surface area contributed by atoms with Crippen molar-refractivity contribution in [2.24, 2.45) is 0 Å². The molecule has 0 aromatic heterocycles. The monoisotopic (exact) mass is 413 g/mol. The van der Waals surface area contributed by atoms with Gasteiger partial charge in [0.25, 0.3) is 0 Å². The van der Waals surface area contributed by atoms with E-state index in [1.54, 1.807) is 13.2 Å². The van der Waals surface area contributed by atoms with E-state index in [2.05, 4.69) is 17.4 Å². The largest absolute Gasteiger partial charge is 0.396 e. The van der Waals surface area contributed by atoms with Crippen molar-refractivity contribution >= 4 is 0 Å². The van der Waals surface area contributed by atoms with Crippen LogP contribution in [0.2, 0.25) is 0 Å². The fraction of sp³-hybridized carbons (Fsp3) is 0.520. The number of benzene rings is 2. The topological polar surface area (TPSA) is 50.7 Å². The van der Waals surface area contributed by atoms with Gasteiger partial charge in [-0.3, -0.25) is 0 Å². The minimum Gasteiger partial charge on any atom is -0.396 e. The zero-order chi connectivity index (χ0) is 21.0. The van der Waals surface area contributed by atoms with Crippen LogP contribution in [0.4, 0.5) is 4.39 Å². The highest BCUT2D eigenvalue weighted by atomic mass is 19.1. The second kappa shape index (κ2) is 9.56. The second-order valence-electron chi connectivity index (χ2n) is 8.40. The minimum absolute atomic E-state index is 0.128. The van der Waals surface area contributed by atoms with Crippen LogP contribution < -0.4 is 5.32 Å². The van der Waals surface area contributed by atoms with E-state index in [9.17, 15) is 5.11 Å². The van der Waals surface area contributed by atoms with Crippen molar-refractivity contribution in [2.45, 2.75) is 49.7 Å². The average molecular weight is 414 g/mol. The highest BCUT2D eigenvalue weighted by Crippen LogP contribution is 2.45. The van der Waals surface area contributed by atoms with Crippen LogP contribution in [0.25, 0.3) is 11.1 Å². The Labute approximate surface area is 178 Å². The number of nitrogens with one attached hydrogen (secondary N) is 1. The Morgan fingerprint density at radius 2 is 2.03 bits per heavy atom. The maximum absolute atomic E-state index is 15.4. The van der Waals surface area contributed by atoms with Crippen molar-refractivity contribution < 1.29 is 19.0 Å². The summed E-state index contributed by atoms with van der Waals surface area (Å²) in [7, 11) is 1.69. The molecule has 0 unspecified atom stereocenters. The van der Waals surface area contributed by atoms with Crippen LogP contribution in [-0.2, 0) is 15.1 Å². The summed E-state index contributed by atoms with van der Waals surface area (Å²) in [5, 5.41) is 12.7. The lowest BCUT2D eigenvalue weighted by molar-refractivity contribution is -0.149. The van der Waals surface area contributed by atoms with Crippen molar-refractivity contribution in [3.8, 4) is 11.1 Å². The summed E-state index contributed by atoms with van der Waals surface area (Å²) in [6, 6.07) is 13.5. The number of morpholine rings is 1. The van der Waals surface area contributed by atoms with E-state index in [1.165, 1.54) is 24.5 Å². The molecule has 2 aliphatic rings. The minimum atomic E-state index is -0.796. The van der Waals surface area contributed by atoms with Gasteiger partial charge in [-0.1, -0.05) is 36.4 Å². The maximum Gasteiger partial charge on any atom is 0.131 e. The molecule has 2 fully saturated rings. The van der Waals surface area contributed by atoms with Crippen molar-refractivity contribution in [1.29, 1.82) is 0 Å². The Kier molecular flexibility index (Phi) is 6.84. The highest BCUT2D eigenvalue weighted by molar-refractivity contribution is 5.70. The number of methoxy groups -OCH3 is 1. The molecule has 2 atom stereocenters. The van der Waals surface area contributed by atoms with Crippen molar-refractivity contribution in [2.75, 3.05) is 33.4 Å². The second-order valence-corrected chi connectivity index (χ2v) is 8.40. The normalized spacial score (nSPS) is 21.4. The number of aliphatic hydroxyl groups is 1. The van der Waals surface area contributed by atoms with E-state index in [0.29, 0.717) is 37.5 Å². The molecule has 30 heavy (non-hydrogen) atoms. The summed E-state index contributed by atoms with van der Waals surface area (Å²) in [6.07, 6.45) is 4.27. The molecule has 1 aliphatic heterocycles. The molecule has 1 heterocycles. The molecule has 0 amide bonds. The number of ether oxygens (including phenoxy) is 2. The summed E-state index contributed by atoms with van der Waals surface area (Å²) >= 11 is 0. The molecule has 1 aliphatic carbocycles. The van der Waals surface area contributed by atoms with E-state index < -0.39 is 5.60 Å². The van der Waals surface area contributed by atoms with Gasteiger partial charge in [-0.25, -0.2) is 4.39 Å². The SMILES string of the molecule is CO[C@](CCCCO)(c1cccc(F)c1-c1cccc(C2CC2)c1)[C@H]1CNCCO1. The van der Waals surface area contributed by atoms with Crippen molar-refractivity contribution in [3.05, 3.63) is 59.4 Å². The van der Waals surface area contributed by atoms with E-state index in [0.717, 1.165) is 24.1 Å². The molecule has 1 saturated carbocycles. The number of halogens is 1. The van der Waals surface area contributed by atoms with Crippen LogP contribution in [0, 0.1) is 5.82 Å². The Morgan fingerprint density at radius 3 is 2.73 bits per heavy atom. The third-order valence-corrected chi connectivity index (χ3v) is 6.46. The van der Waals surface area contributed by atoms with Crippen LogP contribution in [-0.4, -0.2) is 44.6 Å². The standard InChI is InChI=1S/C25H32FNO3/c1-29-25(12-2-3-14-28,23-17-27-13-15-30-23)21-8-5-9-22(26)24(21)20-7-4-6-19(16-20)18-10-11-18/h4-9,16,18,23,27-28H,2-3,10-15,17H2,1H3/t23-,25-/m1/s1. The Hall–Kier alpha value is -1.79. The zero-order valence-electron chi connectivity index (χ0n) is 17.7. The van der Waals surface area contributed by atoms with Gasteiger partial charge in [0, 0.05) is 32.4 Å². The van der Waals surface area contributed by atoms with Crippen LogP contribution >= 0.6 is 0 Å². The van der Waals surface area contributed by atoms with Gasteiger partial charge < -0.3 is 19.9 Å². The van der Waals surface area contributed by atoms with Gasteiger partial charge in [-0.2, -0.15) is 0 Å². The number of hydrogen-bond donors (Lipinski definition) is 2. The first-order chi connectivity index (χ1) is 14.7. The van der Waals surface area contributed by atoms with Gasteiger partial charge in [0.05, 0.1) is 6.61 Å². The molecule has 2 aromatic rings. The lowest BCUT2D eigenvalue weighted by Gasteiger charge is -2.43. The summed E-state index contributed by atoms with van der Waals surface area (Å²) in [4.78, 5) is 0. The number of hydrogen-bond acceptors (Lipinski definition) is 4. The molecule has 5 heteroatoms. The molecule has 4 rings (SSSR count).